The average Bonchev–Trinajstić information content (AvgIpc) is 3.20. The lowest BCUT2D eigenvalue weighted by Crippen LogP contribution is -2.30. The highest BCUT2D eigenvalue weighted by Gasteiger charge is 2.31. The Labute approximate surface area is 160 Å². The van der Waals surface area contributed by atoms with Crippen molar-refractivity contribution in [1.82, 2.24) is 9.88 Å². The van der Waals surface area contributed by atoms with Crippen LogP contribution < -0.4 is 10.2 Å². The highest BCUT2D eigenvalue weighted by atomic mass is 19.1. The molecule has 0 atom stereocenters. The summed E-state index contributed by atoms with van der Waals surface area (Å²) in [7, 11) is 1.71. The van der Waals surface area contributed by atoms with E-state index in [0.29, 0.717) is 41.5 Å². The first-order valence-electron chi connectivity index (χ1n) is 9.06. The third-order valence-electron chi connectivity index (χ3n) is 5.04. The van der Waals surface area contributed by atoms with Crippen LogP contribution in [0.4, 0.5) is 14.5 Å². The van der Waals surface area contributed by atoms with Crippen LogP contribution >= 0.6 is 0 Å². The summed E-state index contributed by atoms with van der Waals surface area (Å²) in [6, 6.07) is 10.2. The van der Waals surface area contributed by atoms with E-state index in [9.17, 15) is 18.4 Å². The smallest absolute Gasteiger partial charge is 0.270 e. The van der Waals surface area contributed by atoms with Gasteiger partial charge in [-0.15, -0.1) is 0 Å². The fourth-order valence-electron chi connectivity index (χ4n) is 3.73. The molecule has 1 aromatic heterocycles. The molecule has 1 aliphatic heterocycles. The minimum absolute atomic E-state index is 0.0871. The summed E-state index contributed by atoms with van der Waals surface area (Å²) in [4.78, 5) is 26.9. The third kappa shape index (κ3) is 3.13. The SMILES string of the molecule is Cn1c(C(=O)NCc2cccc(F)c2)c(N2CCCC2=O)c2cc(F)ccc21. The molecule has 1 fully saturated rings. The highest BCUT2D eigenvalue weighted by molar-refractivity contribution is 6.14. The monoisotopic (exact) mass is 383 g/mol. The molecule has 2 amide bonds. The van der Waals surface area contributed by atoms with Crippen LogP contribution in [-0.2, 0) is 18.4 Å². The number of anilines is 1. The number of benzene rings is 2. The highest BCUT2D eigenvalue weighted by Crippen LogP contribution is 2.36. The van der Waals surface area contributed by atoms with Crippen molar-refractivity contribution in [3.8, 4) is 0 Å². The zero-order valence-electron chi connectivity index (χ0n) is 15.3. The fourth-order valence-corrected chi connectivity index (χ4v) is 3.73. The van der Waals surface area contributed by atoms with Gasteiger partial charge < -0.3 is 14.8 Å². The maximum atomic E-state index is 13.9. The van der Waals surface area contributed by atoms with Gasteiger partial charge in [-0.1, -0.05) is 12.1 Å². The Hall–Kier alpha value is -3.22. The molecular weight excluding hydrogens is 364 g/mol. The lowest BCUT2D eigenvalue weighted by molar-refractivity contribution is -0.117. The molecule has 2 heterocycles. The fraction of sp³-hybridized carbons (Fsp3) is 0.238. The predicted molar refractivity (Wildman–Crippen MR) is 102 cm³/mol. The van der Waals surface area contributed by atoms with Crippen molar-refractivity contribution < 1.29 is 18.4 Å². The lowest BCUT2D eigenvalue weighted by atomic mass is 10.2. The van der Waals surface area contributed by atoms with Crippen LogP contribution in [0.2, 0.25) is 0 Å². The second kappa shape index (κ2) is 7.07. The van der Waals surface area contributed by atoms with E-state index in [1.807, 2.05) is 0 Å². The molecule has 7 heteroatoms. The summed E-state index contributed by atoms with van der Waals surface area (Å²) >= 11 is 0. The van der Waals surface area contributed by atoms with Gasteiger partial charge in [-0.2, -0.15) is 0 Å². The normalized spacial score (nSPS) is 14.1. The number of aromatic nitrogens is 1. The molecule has 1 saturated heterocycles. The van der Waals surface area contributed by atoms with Gasteiger partial charge in [-0.25, -0.2) is 8.78 Å². The number of nitrogens with one attached hydrogen (secondary N) is 1. The molecule has 0 unspecified atom stereocenters. The molecule has 3 aromatic rings. The van der Waals surface area contributed by atoms with Crippen LogP contribution in [0, 0.1) is 11.6 Å². The number of fused-ring (bicyclic) bond motifs is 1. The Morgan fingerprint density at radius 3 is 2.64 bits per heavy atom. The van der Waals surface area contributed by atoms with E-state index in [1.165, 1.54) is 24.3 Å². The summed E-state index contributed by atoms with van der Waals surface area (Å²) < 4.78 is 28.9. The molecule has 0 radical (unpaired) electrons. The number of amides is 2. The van der Waals surface area contributed by atoms with Gasteiger partial charge in [-0.3, -0.25) is 9.59 Å². The Balaban J connectivity index is 1.75. The summed E-state index contributed by atoms with van der Waals surface area (Å²) in [6.07, 6.45) is 1.09. The molecule has 0 spiro atoms. The first-order valence-corrected chi connectivity index (χ1v) is 9.06. The number of nitrogens with zero attached hydrogens (tertiary/aromatic N) is 2. The standard InChI is InChI=1S/C21H19F2N3O2/c1-25-17-8-7-15(23)11-16(17)19(26-9-3-6-18(26)27)20(25)21(28)24-12-13-4-2-5-14(22)10-13/h2,4-5,7-8,10-11H,3,6,9,12H2,1H3,(H,24,28). The Morgan fingerprint density at radius 1 is 1.14 bits per heavy atom. The summed E-state index contributed by atoms with van der Waals surface area (Å²) in [5, 5.41) is 3.30. The zero-order chi connectivity index (χ0) is 19.8. The first-order chi connectivity index (χ1) is 13.5. The van der Waals surface area contributed by atoms with Crippen molar-refractivity contribution in [2.24, 2.45) is 7.05 Å². The van der Waals surface area contributed by atoms with Gasteiger partial charge in [0.25, 0.3) is 5.91 Å². The van der Waals surface area contributed by atoms with E-state index in [2.05, 4.69) is 5.32 Å². The molecule has 1 N–H and O–H groups in total. The number of hydrogen-bond acceptors (Lipinski definition) is 2. The molecule has 1 aliphatic rings. The van der Waals surface area contributed by atoms with Crippen molar-refractivity contribution in [2.45, 2.75) is 19.4 Å². The van der Waals surface area contributed by atoms with Crippen molar-refractivity contribution in [2.75, 3.05) is 11.4 Å². The number of carbonyl (C=O) groups is 2. The van der Waals surface area contributed by atoms with Gasteiger partial charge in [0, 0.05) is 31.9 Å². The van der Waals surface area contributed by atoms with E-state index in [0.717, 1.165) is 0 Å². The number of hydrogen-bond donors (Lipinski definition) is 1. The van der Waals surface area contributed by atoms with E-state index >= 15 is 0 Å². The summed E-state index contributed by atoms with van der Waals surface area (Å²) in [6.45, 7) is 0.624. The average molecular weight is 383 g/mol. The van der Waals surface area contributed by atoms with Crippen LogP contribution in [-0.4, -0.2) is 22.9 Å². The molecule has 0 aliphatic carbocycles. The van der Waals surface area contributed by atoms with Crippen LogP contribution in [0.1, 0.15) is 28.9 Å². The Morgan fingerprint density at radius 2 is 1.93 bits per heavy atom. The van der Waals surface area contributed by atoms with Crippen LogP contribution in [0.5, 0.6) is 0 Å². The lowest BCUT2D eigenvalue weighted by Gasteiger charge is -2.18. The van der Waals surface area contributed by atoms with Gasteiger partial charge in [0.05, 0.1) is 11.2 Å². The molecule has 0 bridgehead atoms. The first kappa shape index (κ1) is 18.2. The van der Waals surface area contributed by atoms with E-state index < -0.39 is 11.7 Å². The van der Waals surface area contributed by atoms with Crippen molar-refractivity contribution >= 4 is 28.4 Å². The number of aryl methyl sites for hydroxylation is 1. The summed E-state index contributed by atoms with van der Waals surface area (Å²) in [5.41, 5.74) is 1.99. The van der Waals surface area contributed by atoms with Gasteiger partial charge in [0.2, 0.25) is 5.91 Å². The number of halogens is 2. The van der Waals surface area contributed by atoms with E-state index in [-0.39, 0.29) is 24.0 Å². The topological polar surface area (TPSA) is 54.3 Å². The zero-order valence-corrected chi connectivity index (χ0v) is 15.3. The van der Waals surface area contributed by atoms with Crippen molar-refractivity contribution in [1.29, 1.82) is 0 Å². The molecule has 144 valence electrons. The van der Waals surface area contributed by atoms with Crippen molar-refractivity contribution in [3.63, 3.8) is 0 Å². The predicted octanol–water partition coefficient (Wildman–Crippen LogP) is 3.51. The maximum Gasteiger partial charge on any atom is 0.270 e. The maximum absolute atomic E-state index is 13.9. The second-order valence-electron chi connectivity index (χ2n) is 6.88. The van der Waals surface area contributed by atoms with Gasteiger partial charge in [0.1, 0.15) is 17.3 Å². The number of carbonyl (C=O) groups excluding carboxylic acids is 2. The Bertz CT molecular complexity index is 1090. The number of rotatable bonds is 4. The van der Waals surface area contributed by atoms with E-state index in [4.69, 9.17) is 0 Å². The third-order valence-corrected chi connectivity index (χ3v) is 5.04. The van der Waals surface area contributed by atoms with Gasteiger partial charge in [0.15, 0.2) is 0 Å². The van der Waals surface area contributed by atoms with Crippen molar-refractivity contribution in [3.05, 3.63) is 65.4 Å². The van der Waals surface area contributed by atoms with Crippen LogP contribution in [0.25, 0.3) is 10.9 Å². The minimum atomic E-state index is -0.433. The molecular formula is C21H19F2N3O2. The second-order valence-corrected chi connectivity index (χ2v) is 6.88. The Kier molecular flexibility index (Phi) is 4.58. The molecule has 2 aromatic carbocycles. The van der Waals surface area contributed by atoms with E-state index in [1.54, 1.807) is 34.7 Å². The minimum Gasteiger partial charge on any atom is -0.347 e. The largest absolute Gasteiger partial charge is 0.347 e. The molecule has 0 saturated carbocycles. The summed E-state index contributed by atoms with van der Waals surface area (Å²) in [5.74, 6) is -1.30. The molecule has 4 rings (SSSR count). The molecule has 28 heavy (non-hydrogen) atoms. The molecule has 5 nitrogen and oxygen atoms in total. The van der Waals surface area contributed by atoms with Crippen LogP contribution in [0.15, 0.2) is 42.5 Å². The van der Waals surface area contributed by atoms with Crippen LogP contribution in [0.3, 0.4) is 0 Å². The van der Waals surface area contributed by atoms with Gasteiger partial charge >= 0.3 is 0 Å². The van der Waals surface area contributed by atoms with Gasteiger partial charge in [-0.05, 0) is 42.3 Å². The quantitative estimate of drug-likeness (QED) is 0.750.